The van der Waals surface area contributed by atoms with E-state index in [0.717, 1.165) is 16.4 Å². The second-order valence-electron chi connectivity index (χ2n) is 2.67. The van der Waals surface area contributed by atoms with Crippen LogP contribution in [-0.2, 0) is 0 Å². The summed E-state index contributed by atoms with van der Waals surface area (Å²) in [6.45, 7) is 2.22. The van der Waals surface area contributed by atoms with Gasteiger partial charge >= 0.3 is 0 Å². The van der Waals surface area contributed by atoms with E-state index in [4.69, 9.17) is 16.7 Å². The van der Waals surface area contributed by atoms with Crippen molar-refractivity contribution in [3.63, 3.8) is 0 Å². The Hall–Kier alpha value is -0.250. The van der Waals surface area contributed by atoms with E-state index >= 15 is 0 Å². The highest BCUT2D eigenvalue weighted by Crippen LogP contribution is 2.28. The Balaban J connectivity index is 2.46. The number of halogens is 1. The van der Waals surface area contributed by atoms with Crippen molar-refractivity contribution < 1.29 is 5.11 Å². The van der Waals surface area contributed by atoms with Gasteiger partial charge < -0.3 is 10.4 Å². The van der Waals surface area contributed by atoms with Crippen molar-refractivity contribution in [1.82, 2.24) is 0 Å². The maximum absolute atomic E-state index is 8.66. The minimum absolute atomic E-state index is 0.204. The van der Waals surface area contributed by atoms with Crippen molar-refractivity contribution in [2.75, 3.05) is 11.9 Å². The molecule has 0 spiro atoms. The van der Waals surface area contributed by atoms with Gasteiger partial charge in [-0.05, 0) is 24.8 Å². The maximum atomic E-state index is 8.66. The molecule has 2 N–H and O–H groups in total. The fourth-order valence-corrected chi connectivity index (χ4v) is 1.78. The molecule has 4 heteroatoms. The zero-order valence-corrected chi connectivity index (χ0v) is 8.45. The summed E-state index contributed by atoms with van der Waals surface area (Å²) in [6.07, 6.45) is 0.742. The van der Waals surface area contributed by atoms with Gasteiger partial charge in [0.1, 0.15) is 4.34 Å². The summed E-state index contributed by atoms with van der Waals surface area (Å²) in [4.78, 5) is 0. The lowest BCUT2D eigenvalue weighted by molar-refractivity contribution is 0.282. The van der Waals surface area contributed by atoms with Gasteiger partial charge in [0.25, 0.3) is 0 Å². The Kier molecular flexibility index (Phi) is 3.85. The number of hydrogen-bond acceptors (Lipinski definition) is 3. The number of aliphatic hydroxyl groups is 1. The van der Waals surface area contributed by atoms with Gasteiger partial charge in [0.15, 0.2) is 0 Å². The lowest BCUT2D eigenvalue weighted by atomic mass is 10.2. The number of hydrogen-bond donors (Lipinski definition) is 2. The highest BCUT2D eigenvalue weighted by molar-refractivity contribution is 7.15. The van der Waals surface area contributed by atoms with Crippen molar-refractivity contribution in [1.29, 1.82) is 0 Å². The minimum Gasteiger partial charge on any atom is -0.396 e. The first kappa shape index (κ1) is 9.84. The Morgan fingerprint density at radius 1 is 1.75 bits per heavy atom. The molecule has 1 aromatic rings. The van der Waals surface area contributed by atoms with Gasteiger partial charge in [0.05, 0.1) is 5.69 Å². The number of aliphatic hydroxyl groups excluding tert-OH is 1. The van der Waals surface area contributed by atoms with Gasteiger partial charge in [-0.25, -0.2) is 0 Å². The topological polar surface area (TPSA) is 32.3 Å². The predicted molar refractivity (Wildman–Crippen MR) is 54.1 cm³/mol. The van der Waals surface area contributed by atoms with Gasteiger partial charge in [0, 0.05) is 12.6 Å². The standard InChI is InChI=1S/C8H12ClNOS/c1-6(2-4-11)10-7-3-5-12-8(7)9/h3,5-6,10-11H,2,4H2,1H3. The quantitative estimate of drug-likeness (QED) is 0.792. The maximum Gasteiger partial charge on any atom is 0.116 e. The van der Waals surface area contributed by atoms with Crippen LogP contribution in [0.1, 0.15) is 13.3 Å². The van der Waals surface area contributed by atoms with Crippen molar-refractivity contribution in [2.45, 2.75) is 19.4 Å². The molecular formula is C8H12ClNOS. The number of anilines is 1. The third-order valence-electron chi connectivity index (χ3n) is 1.58. The van der Waals surface area contributed by atoms with E-state index in [1.807, 2.05) is 18.4 Å². The lowest BCUT2D eigenvalue weighted by Gasteiger charge is -2.12. The summed E-state index contributed by atoms with van der Waals surface area (Å²) in [5.74, 6) is 0. The lowest BCUT2D eigenvalue weighted by Crippen LogP contribution is -2.16. The van der Waals surface area contributed by atoms with Crippen LogP contribution in [-0.4, -0.2) is 17.8 Å². The zero-order valence-electron chi connectivity index (χ0n) is 6.88. The molecule has 0 saturated heterocycles. The van der Waals surface area contributed by atoms with Crippen LogP contribution < -0.4 is 5.32 Å². The van der Waals surface area contributed by atoms with Crippen LogP contribution in [0.15, 0.2) is 11.4 Å². The molecular weight excluding hydrogens is 194 g/mol. The molecule has 68 valence electrons. The smallest absolute Gasteiger partial charge is 0.116 e. The predicted octanol–water partition coefficient (Wildman–Crippen LogP) is 2.58. The zero-order chi connectivity index (χ0) is 8.97. The van der Waals surface area contributed by atoms with Crippen LogP contribution >= 0.6 is 22.9 Å². The van der Waals surface area contributed by atoms with Crippen LogP contribution in [0.5, 0.6) is 0 Å². The molecule has 1 unspecified atom stereocenters. The van der Waals surface area contributed by atoms with E-state index < -0.39 is 0 Å². The third kappa shape index (κ3) is 2.66. The van der Waals surface area contributed by atoms with E-state index in [1.54, 1.807) is 0 Å². The van der Waals surface area contributed by atoms with Gasteiger partial charge in [-0.2, -0.15) is 0 Å². The average molecular weight is 206 g/mol. The van der Waals surface area contributed by atoms with E-state index in [-0.39, 0.29) is 12.6 Å². The summed E-state index contributed by atoms with van der Waals surface area (Å²) in [7, 11) is 0. The summed E-state index contributed by atoms with van der Waals surface area (Å²) in [5, 5.41) is 13.8. The Morgan fingerprint density at radius 2 is 2.50 bits per heavy atom. The molecule has 0 bridgehead atoms. The summed E-state index contributed by atoms with van der Waals surface area (Å²) >= 11 is 7.38. The van der Waals surface area contributed by atoms with Gasteiger partial charge in [-0.1, -0.05) is 11.6 Å². The molecule has 0 amide bonds. The average Bonchev–Trinajstić information content (AvgIpc) is 2.37. The minimum atomic E-state index is 0.204. The molecule has 1 aromatic heterocycles. The third-order valence-corrected chi connectivity index (χ3v) is 2.75. The fourth-order valence-electron chi connectivity index (χ4n) is 0.927. The van der Waals surface area contributed by atoms with Crippen LogP contribution in [0, 0.1) is 0 Å². The van der Waals surface area contributed by atoms with E-state index in [1.165, 1.54) is 11.3 Å². The Labute approximate surface area is 81.2 Å². The van der Waals surface area contributed by atoms with E-state index in [0.29, 0.717) is 0 Å². The van der Waals surface area contributed by atoms with Crippen molar-refractivity contribution in [3.8, 4) is 0 Å². The van der Waals surface area contributed by atoms with Crippen molar-refractivity contribution >= 4 is 28.6 Å². The number of thiophene rings is 1. The molecule has 0 fully saturated rings. The molecule has 0 radical (unpaired) electrons. The molecule has 0 saturated carbocycles. The van der Waals surface area contributed by atoms with Crippen LogP contribution in [0.3, 0.4) is 0 Å². The molecule has 0 aliphatic rings. The Morgan fingerprint density at radius 3 is 3.00 bits per heavy atom. The van der Waals surface area contributed by atoms with Gasteiger partial charge in [-0.3, -0.25) is 0 Å². The van der Waals surface area contributed by atoms with Gasteiger partial charge in [0.2, 0.25) is 0 Å². The summed E-state index contributed by atoms with van der Waals surface area (Å²) in [5.41, 5.74) is 0.961. The van der Waals surface area contributed by atoms with Crippen LogP contribution in [0.2, 0.25) is 4.34 Å². The molecule has 12 heavy (non-hydrogen) atoms. The largest absolute Gasteiger partial charge is 0.396 e. The highest BCUT2D eigenvalue weighted by atomic mass is 35.5. The van der Waals surface area contributed by atoms with Crippen molar-refractivity contribution in [3.05, 3.63) is 15.8 Å². The first-order chi connectivity index (χ1) is 5.74. The van der Waals surface area contributed by atoms with E-state index in [2.05, 4.69) is 5.32 Å². The van der Waals surface area contributed by atoms with Crippen LogP contribution in [0.25, 0.3) is 0 Å². The SMILES string of the molecule is CC(CCO)Nc1ccsc1Cl. The molecule has 0 aliphatic carbocycles. The Bertz CT molecular complexity index is 239. The normalized spacial score (nSPS) is 12.9. The van der Waals surface area contributed by atoms with Crippen LogP contribution in [0.4, 0.5) is 5.69 Å². The monoisotopic (exact) mass is 205 g/mol. The van der Waals surface area contributed by atoms with Crippen molar-refractivity contribution in [2.24, 2.45) is 0 Å². The molecule has 0 aromatic carbocycles. The van der Waals surface area contributed by atoms with Gasteiger partial charge in [-0.15, -0.1) is 11.3 Å². The summed E-state index contributed by atoms with van der Waals surface area (Å²) in [6, 6.07) is 2.21. The second-order valence-corrected chi connectivity index (χ2v) is 4.18. The first-order valence-electron chi connectivity index (χ1n) is 3.84. The first-order valence-corrected chi connectivity index (χ1v) is 5.10. The highest BCUT2D eigenvalue weighted by Gasteiger charge is 2.04. The molecule has 2 nitrogen and oxygen atoms in total. The molecule has 1 heterocycles. The second kappa shape index (κ2) is 4.70. The molecule has 1 rings (SSSR count). The summed E-state index contributed by atoms with van der Waals surface area (Å²) < 4.78 is 0.778. The number of rotatable bonds is 4. The fraction of sp³-hybridized carbons (Fsp3) is 0.500. The molecule has 1 atom stereocenters. The number of nitrogens with one attached hydrogen (secondary N) is 1. The molecule has 0 aliphatic heterocycles. The van der Waals surface area contributed by atoms with E-state index in [9.17, 15) is 0 Å².